The first-order valence-corrected chi connectivity index (χ1v) is 28.8. The van der Waals surface area contributed by atoms with Crippen LogP contribution in [0.3, 0.4) is 0 Å². The van der Waals surface area contributed by atoms with E-state index in [1.54, 1.807) is 0 Å². The van der Waals surface area contributed by atoms with Crippen molar-refractivity contribution >= 4 is 102 Å². The van der Waals surface area contributed by atoms with Crippen molar-refractivity contribution in [1.29, 1.82) is 0 Å². The molecule has 0 radical (unpaired) electrons. The maximum absolute atomic E-state index is 2.38. The third kappa shape index (κ3) is 11.5. The lowest BCUT2D eigenvalue weighted by Crippen LogP contribution is -2.15. The number of para-hydroxylation sites is 8. The molecule has 0 heterocycles. The van der Waals surface area contributed by atoms with E-state index in [0.717, 1.165) is 108 Å². The highest BCUT2D eigenvalue weighted by molar-refractivity contribution is 5.88. The van der Waals surface area contributed by atoms with Crippen LogP contribution in [0, 0.1) is 6.92 Å². The Morgan fingerprint density at radius 3 is 0.459 bits per heavy atom. The van der Waals surface area contributed by atoms with Gasteiger partial charge in [0.15, 0.2) is 0 Å². The van der Waals surface area contributed by atoms with E-state index in [1.807, 2.05) is 0 Å². The summed E-state index contributed by atoms with van der Waals surface area (Å²) in [6, 6.07) is 127. The van der Waals surface area contributed by atoms with Crippen molar-refractivity contribution in [1.82, 2.24) is 0 Å². The predicted molar refractivity (Wildman–Crippen MR) is 359 cm³/mol. The fraction of sp³-hybridized carbons (Fsp3) is 0.0127. The zero-order valence-electron chi connectivity index (χ0n) is 47.2. The zero-order chi connectivity index (χ0) is 57.2. The molecule has 0 aliphatic rings. The molecule has 6 heteroatoms. The number of nitrogens with zero attached hydrogens (tertiary/aromatic N) is 6. The smallest absolute Gasteiger partial charge is 0.0492 e. The number of aryl methyl sites for hydroxylation is 1. The average molecular weight is 1100 g/mol. The Morgan fingerprint density at radius 1 is 0.141 bits per heavy atom. The quantitative estimate of drug-likeness (QED) is 0.0847. The summed E-state index contributed by atoms with van der Waals surface area (Å²) in [5, 5.41) is 0. The summed E-state index contributed by atoms with van der Waals surface area (Å²) in [5.74, 6) is 0. The first-order valence-electron chi connectivity index (χ1n) is 28.8. The van der Waals surface area contributed by atoms with Gasteiger partial charge in [-0.15, -0.1) is 0 Å². The van der Waals surface area contributed by atoms with Gasteiger partial charge < -0.3 is 29.4 Å². The Balaban J connectivity index is 0.925. The van der Waals surface area contributed by atoms with Gasteiger partial charge in [-0.05, 0) is 225 Å². The molecule has 13 rings (SSSR count). The van der Waals surface area contributed by atoms with Crippen molar-refractivity contribution in [2.24, 2.45) is 0 Å². The Kier molecular flexibility index (Phi) is 15.5. The highest BCUT2D eigenvalue weighted by Crippen LogP contribution is 2.46. The third-order valence-corrected chi connectivity index (χ3v) is 15.3. The number of rotatable bonds is 18. The van der Waals surface area contributed by atoms with Gasteiger partial charge in [-0.25, -0.2) is 0 Å². The lowest BCUT2D eigenvalue weighted by atomic mass is 10.1. The molecule has 0 fully saturated rings. The molecule has 0 atom stereocenters. The van der Waals surface area contributed by atoms with Gasteiger partial charge >= 0.3 is 0 Å². The van der Waals surface area contributed by atoms with Gasteiger partial charge in [0.25, 0.3) is 0 Å². The number of benzene rings is 13. The summed E-state index contributed by atoms with van der Waals surface area (Å²) in [4.78, 5) is 14.0. The van der Waals surface area contributed by atoms with Crippen LogP contribution < -0.4 is 29.4 Å². The largest absolute Gasteiger partial charge is 0.311 e. The minimum absolute atomic E-state index is 1.03. The van der Waals surface area contributed by atoms with Crippen molar-refractivity contribution in [2.75, 3.05) is 29.4 Å². The Morgan fingerprint density at radius 2 is 0.282 bits per heavy atom. The maximum Gasteiger partial charge on any atom is 0.0492 e. The molecule has 13 aromatic rings. The van der Waals surface area contributed by atoms with Crippen LogP contribution in [-0.2, 0) is 0 Å². The molecular formula is C79H62N6. The van der Waals surface area contributed by atoms with Gasteiger partial charge in [-0.1, -0.05) is 146 Å². The highest BCUT2D eigenvalue weighted by Gasteiger charge is 2.23. The standard InChI is InChI=1S/C79H62N6/c1-61-60-78(84(74-46-42-70(43-47-74)80(62-26-10-2-11-27-62)63-28-12-3-13-29-63)75-48-44-71(45-49-75)81(64-30-14-4-15-31-64)65-32-16-5-17-33-65)58-59-79(61)85(76-54-50-72(51-55-76)82(66-34-18-6-19-35-66)67-36-20-7-21-37-67)77-56-52-73(53-57-77)83(68-38-22-8-23-39-68)69-40-24-9-25-41-69/h2-60H,1H3. The molecule has 0 saturated carbocycles. The minimum atomic E-state index is 1.03. The first-order chi connectivity index (χ1) is 42.1. The van der Waals surface area contributed by atoms with Crippen LogP contribution in [0.15, 0.2) is 358 Å². The lowest BCUT2D eigenvalue weighted by Gasteiger charge is -2.32. The second-order valence-corrected chi connectivity index (χ2v) is 20.7. The topological polar surface area (TPSA) is 19.4 Å². The zero-order valence-corrected chi connectivity index (χ0v) is 47.2. The third-order valence-electron chi connectivity index (χ3n) is 15.3. The molecule has 0 aliphatic carbocycles. The van der Waals surface area contributed by atoms with Crippen LogP contribution in [0.4, 0.5) is 102 Å². The summed E-state index contributed by atoms with van der Waals surface area (Å²) in [6.07, 6.45) is 0. The van der Waals surface area contributed by atoms with Crippen LogP contribution in [0.2, 0.25) is 0 Å². The SMILES string of the molecule is Cc1cc(N(c2ccc(N(c3ccccc3)c3ccccc3)cc2)c2ccc(N(c3ccccc3)c3ccccc3)cc2)ccc1N(c1ccc(N(c2ccccc2)c2ccccc2)cc1)c1ccc(N(c2ccccc2)c2ccccc2)cc1. The van der Waals surface area contributed by atoms with E-state index < -0.39 is 0 Å². The Hall–Kier alpha value is -11.3. The summed E-state index contributed by atoms with van der Waals surface area (Å²) in [5.41, 5.74) is 20.2. The van der Waals surface area contributed by atoms with Crippen molar-refractivity contribution in [3.8, 4) is 0 Å². The maximum atomic E-state index is 2.38. The predicted octanol–water partition coefficient (Wildman–Crippen LogP) is 22.8. The minimum Gasteiger partial charge on any atom is -0.311 e. The highest BCUT2D eigenvalue weighted by atomic mass is 15.2. The molecular weight excluding hydrogens is 1030 g/mol. The second-order valence-electron chi connectivity index (χ2n) is 20.7. The fourth-order valence-corrected chi connectivity index (χ4v) is 11.3. The van der Waals surface area contributed by atoms with Gasteiger partial charge in [0, 0.05) is 102 Å². The van der Waals surface area contributed by atoms with Crippen LogP contribution in [0.25, 0.3) is 0 Å². The van der Waals surface area contributed by atoms with Crippen molar-refractivity contribution in [2.45, 2.75) is 6.92 Å². The van der Waals surface area contributed by atoms with Gasteiger partial charge in [-0.3, -0.25) is 0 Å². The van der Waals surface area contributed by atoms with Crippen LogP contribution in [0.1, 0.15) is 5.56 Å². The summed E-state index contributed by atoms with van der Waals surface area (Å²) in [6.45, 7) is 2.23. The van der Waals surface area contributed by atoms with Gasteiger partial charge in [0.05, 0.1) is 0 Å². The normalized spacial score (nSPS) is 10.9. The lowest BCUT2D eigenvalue weighted by molar-refractivity contribution is 1.21. The summed E-state index contributed by atoms with van der Waals surface area (Å²) in [7, 11) is 0. The molecule has 0 aromatic heterocycles. The van der Waals surface area contributed by atoms with Crippen LogP contribution in [0.5, 0.6) is 0 Å². The second kappa shape index (κ2) is 24.8. The van der Waals surface area contributed by atoms with Crippen molar-refractivity contribution in [3.05, 3.63) is 363 Å². The molecule has 0 N–H and O–H groups in total. The van der Waals surface area contributed by atoms with E-state index >= 15 is 0 Å². The number of anilines is 18. The molecule has 13 aromatic carbocycles. The van der Waals surface area contributed by atoms with E-state index in [-0.39, 0.29) is 0 Å². The van der Waals surface area contributed by atoms with Crippen molar-refractivity contribution < 1.29 is 0 Å². The van der Waals surface area contributed by atoms with Gasteiger partial charge in [0.2, 0.25) is 0 Å². The Bertz CT molecular complexity index is 3790. The first kappa shape index (κ1) is 53.0. The summed E-state index contributed by atoms with van der Waals surface area (Å²) < 4.78 is 0. The van der Waals surface area contributed by atoms with E-state index in [9.17, 15) is 0 Å². The fourth-order valence-electron chi connectivity index (χ4n) is 11.3. The molecule has 0 unspecified atom stereocenters. The van der Waals surface area contributed by atoms with Crippen LogP contribution in [-0.4, -0.2) is 0 Å². The molecule has 408 valence electrons. The van der Waals surface area contributed by atoms with E-state index in [0.29, 0.717) is 0 Å². The van der Waals surface area contributed by atoms with Gasteiger partial charge in [0.1, 0.15) is 0 Å². The van der Waals surface area contributed by atoms with Crippen molar-refractivity contribution in [3.63, 3.8) is 0 Å². The molecule has 0 aliphatic heterocycles. The molecule has 0 bridgehead atoms. The monoisotopic (exact) mass is 1090 g/mol. The average Bonchev–Trinajstić information content (AvgIpc) is 3.21. The molecule has 0 saturated heterocycles. The van der Waals surface area contributed by atoms with Crippen LogP contribution >= 0.6 is 0 Å². The van der Waals surface area contributed by atoms with E-state index in [4.69, 9.17) is 0 Å². The summed E-state index contributed by atoms with van der Waals surface area (Å²) >= 11 is 0. The molecule has 0 spiro atoms. The molecule has 85 heavy (non-hydrogen) atoms. The van der Waals surface area contributed by atoms with Gasteiger partial charge in [-0.2, -0.15) is 0 Å². The Labute approximate surface area is 499 Å². The number of hydrogen-bond acceptors (Lipinski definition) is 6. The number of hydrogen-bond donors (Lipinski definition) is 0. The molecule has 0 amide bonds. The van der Waals surface area contributed by atoms with E-state index in [1.165, 1.54) is 0 Å². The molecule has 6 nitrogen and oxygen atoms in total. The van der Waals surface area contributed by atoms with E-state index in [2.05, 4.69) is 394 Å².